The van der Waals surface area contributed by atoms with Gasteiger partial charge in [0.15, 0.2) is 0 Å². The molecule has 0 aliphatic carbocycles. The topological polar surface area (TPSA) is 80.8 Å². The van der Waals surface area contributed by atoms with E-state index in [0.29, 0.717) is 39.3 Å². The molecule has 1 fully saturated rings. The Morgan fingerprint density at radius 1 is 1.14 bits per heavy atom. The van der Waals surface area contributed by atoms with Crippen molar-refractivity contribution in [2.75, 3.05) is 50.7 Å². The normalized spacial score (nSPS) is 14.8. The molecule has 0 radical (unpaired) electrons. The molecule has 2 rings (SSSR count). The number of carbonyl (C=O) groups is 2. The molecule has 8 nitrogen and oxygen atoms in total. The van der Waals surface area contributed by atoms with E-state index in [1.807, 2.05) is 32.2 Å². The fourth-order valence-electron chi connectivity index (χ4n) is 3.23. The smallest absolute Gasteiger partial charge is 0.317 e. The SMILES string of the molecule is CCN(CC)c1ccc(CNC(=O)N2CCN(CC(=O)NC(C)C)CC2)cn1. The Morgan fingerprint density at radius 2 is 1.82 bits per heavy atom. The highest BCUT2D eigenvalue weighted by Gasteiger charge is 2.22. The first-order valence-electron chi connectivity index (χ1n) is 10.2. The van der Waals surface area contributed by atoms with E-state index >= 15 is 0 Å². The number of amides is 3. The Bertz CT molecular complexity index is 622. The van der Waals surface area contributed by atoms with Crippen molar-refractivity contribution >= 4 is 17.8 Å². The number of rotatable bonds is 8. The fourth-order valence-corrected chi connectivity index (χ4v) is 3.23. The van der Waals surface area contributed by atoms with Crippen molar-refractivity contribution in [2.24, 2.45) is 0 Å². The number of carbonyl (C=O) groups excluding carboxylic acids is 2. The molecule has 2 heterocycles. The number of urea groups is 1. The maximum atomic E-state index is 12.4. The second-order valence-electron chi connectivity index (χ2n) is 7.34. The predicted octanol–water partition coefficient (Wildman–Crippen LogP) is 1.28. The second kappa shape index (κ2) is 10.8. The minimum Gasteiger partial charge on any atom is -0.357 e. The van der Waals surface area contributed by atoms with Gasteiger partial charge in [0.25, 0.3) is 0 Å². The van der Waals surface area contributed by atoms with Crippen LogP contribution in [-0.2, 0) is 11.3 Å². The summed E-state index contributed by atoms with van der Waals surface area (Å²) in [5, 5.41) is 5.86. The highest BCUT2D eigenvalue weighted by molar-refractivity contribution is 5.78. The van der Waals surface area contributed by atoms with Gasteiger partial charge in [-0.1, -0.05) is 6.07 Å². The molecule has 1 aromatic heterocycles. The molecule has 3 amide bonds. The van der Waals surface area contributed by atoms with Crippen LogP contribution in [0.25, 0.3) is 0 Å². The zero-order valence-electron chi connectivity index (χ0n) is 17.6. The molecule has 1 aliphatic rings. The Morgan fingerprint density at radius 3 is 2.36 bits per heavy atom. The van der Waals surface area contributed by atoms with Crippen LogP contribution in [0.3, 0.4) is 0 Å². The molecule has 156 valence electrons. The van der Waals surface area contributed by atoms with E-state index in [-0.39, 0.29) is 18.0 Å². The Hall–Kier alpha value is -2.35. The largest absolute Gasteiger partial charge is 0.357 e. The summed E-state index contributed by atoms with van der Waals surface area (Å²) in [4.78, 5) is 34.8. The zero-order valence-corrected chi connectivity index (χ0v) is 17.6. The summed E-state index contributed by atoms with van der Waals surface area (Å²) in [7, 11) is 0. The average Bonchev–Trinajstić information content (AvgIpc) is 2.68. The molecule has 1 aromatic rings. The molecular weight excluding hydrogens is 356 g/mol. The molecule has 0 saturated carbocycles. The number of aromatic nitrogens is 1. The van der Waals surface area contributed by atoms with Gasteiger partial charge in [-0.3, -0.25) is 9.69 Å². The number of nitrogens with one attached hydrogen (secondary N) is 2. The first-order valence-corrected chi connectivity index (χ1v) is 10.2. The molecule has 0 aromatic carbocycles. The molecule has 1 saturated heterocycles. The molecule has 0 atom stereocenters. The van der Waals surface area contributed by atoms with Gasteiger partial charge in [0.1, 0.15) is 5.82 Å². The summed E-state index contributed by atoms with van der Waals surface area (Å²) in [5.41, 5.74) is 0.980. The molecule has 28 heavy (non-hydrogen) atoms. The lowest BCUT2D eigenvalue weighted by atomic mass is 10.2. The third-order valence-corrected chi connectivity index (χ3v) is 4.82. The number of piperazine rings is 1. The standard InChI is InChI=1S/C20H34N6O2/c1-5-25(6-2)18-8-7-17(13-21-18)14-22-20(28)26-11-9-24(10-12-26)15-19(27)23-16(3)4/h7-8,13,16H,5-6,9-12,14-15H2,1-4H3,(H,22,28)(H,23,27). The van der Waals surface area contributed by atoms with E-state index in [4.69, 9.17) is 0 Å². The Kier molecular flexibility index (Phi) is 8.50. The van der Waals surface area contributed by atoms with Gasteiger partial charge in [-0.15, -0.1) is 0 Å². The molecule has 1 aliphatic heterocycles. The fraction of sp³-hybridized carbons (Fsp3) is 0.650. The maximum absolute atomic E-state index is 12.4. The van der Waals surface area contributed by atoms with Gasteiger partial charge in [0.2, 0.25) is 5.91 Å². The van der Waals surface area contributed by atoms with E-state index in [9.17, 15) is 9.59 Å². The van der Waals surface area contributed by atoms with Gasteiger partial charge in [0.05, 0.1) is 6.54 Å². The van der Waals surface area contributed by atoms with Crippen molar-refractivity contribution in [1.29, 1.82) is 0 Å². The molecule has 0 unspecified atom stereocenters. The zero-order chi connectivity index (χ0) is 20.5. The van der Waals surface area contributed by atoms with E-state index in [0.717, 1.165) is 24.5 Å². The maximum Gasteiger partial charge on any atom is 0.317 e. The Labute approximate surface area is 168 Å². The third-order valence-electron chi connectivity index (χ3n) is 4.82. The summed E-state index contributed by atoms with van der Waals surface area (Å²) in [6.45, 7) is 13.5. The molecule has 8 heteroatoms. The van der Waals surface area contributed by atoms with Crippen molar-refractivity contribution in [2.45, 2.75) is 40.3 Å². The Balaban J connectivity index is 1.73. The number of pyridine rings is 1. The summed E-state index contributed by atoms with van der Waals surface area (Å²) in [5.74, 6) is 0.992. The van der Waals surface area contributed by atoms with Crippen molar-refractivity contribution in [3.63, 3.8) is 0 Å². The van der Waals surface area contributed by atoms with Crippen LogP contribution in [0, 0.1) is 0 Å². The molecule has 0 spiro atoms. The van der Waals surface area contributed by atoms with E-state index in [1.54, 1.807) is 4.90 Å². The molecular formula is C20H34N6O2. The quantitative estimate of drug-likeness (QED) is 0.699. The van der Waals surface area contributed by atoms with E-state index in [1.165, 1.54) is 0 Å². The number of hydrogen-bond acceptors (Lipinski definition) is 5. The lowest BCUT2D eigenvalue weighted by Crippen LogP contribution is -2.53. The van der Waals surface area contributed by atoms with Crippen molar-refractivity contribution < 1.29 is 9.59 Å². The van der Waals surface area contributed by atoms with Gasteiger partial charge in [-0.25, -0.2) is 9.78 Å². The number of hydrogen-bond donors (Lipinski definition) is 2. The minimum atomic E-state index is -0.0703. The summed E-state index contributed by atoms with van der Waals surface area (Å²) < 4.78 is 0. The predicted molar refractivity (Wildman–Crippen MR) is 111 cm³/mol. The second-order valence-corrected chi connectivity index (χ2v) is 7.34. The number of anilines is 1. The third kappa shape index (κ3) is 6.67. The average molecular weight is 391 g/mol. The van der Waals surface area contributed by atoms with Crippen LogP contribution in [0.2, 0.25) is 0 Å². The van der Waals surface area contributed by atoms with Gasteiger partial charge in [0, 0.05) is 58.1 Å². The van der Waals surface area contributed by atoms with Crippen LogP contribution in [0.4, 0.5) is 10.6 Å². The lowest BCUT2D eigenvalue weighted by Gasteiger charge is -2.34. The van der Waals surface area contributed by atoms with Crippen LogP contribution in [-0.4, -0.2) is 78.6 Å². The highest BCUT2D eigenvalue weighted by Crippen LogP contribution is 2.11. The van der Waals surface area contributed by atoms with Gasteiger partial charge in [-0.05, 0) is 39.3 Å². The number of nitrogens with zero attached hydrogens (tertiary/aromatic N) is 4. The van der Waals surface area contributed by atoms with Gasteiger partial charge < -0.3 is 20.4 Å². The van der Waals surface area contributed by atoms with Crippen LogP contribution in [0.15, 0.2) is 18.3 Å². The minimum absolute atomic E-state index is 0.0357. The molecule has 2 N–H and O–H groups in total. The van der Waals surface area contributed by atoms with E-state index in [2.05, 4.69) is 39.3 Å². The molecule has 0 bridgehead atoms. The van der Waals surface area contributed by atoms with Crippen LogP contribution in [0.1, 0.15) is 33.3 Å². The summed E-state index contributed by atoms with van der Waals surface area (Å²) >= 11 is 0. The van der Waals surface area contributed by atoms with Crippen molar-refractivity contribution in [3.05, 3.63) is 23.9 Å². The summed E-state index contributed by atoms with van der Waals surface area (Å²) in [6, 6.07) is 4.08. The van der Waals surface area contributed by atoms with Crippen LogP contribution < -0.4 is 15.5 Å². The van der Waals surface area contributed by atoms with Crippen molar-refractivity contribution in [3.8, 4) is 0 Å². The van der Waals surface area contributed by atoms with Crippen molar-refractivity contribution in [1.82, 2.24) is 25.4 Å². The lowest BCUT2D eigenvalue weighted by molar-refractivity contribution is -0.123. The van der Waals surface area contributed by atoms with Gasteiger partial charge in [-0.2, -0.15) is 0 Å². The first-order chi connectivity index (χ1) is 13.4. The summed E-state index contributed by atoms with van der Waals surface area (Å²) in [6.07, 6.45) is 1.82. The highest BCUT2D eigenvalue weighted by atomic mass is 16.2. The van der Waals surface area contributed by atoms with Crippen LogP contribution >= 0.6 is 0 Å². The monoisotopic (exact) mass is 390 g/mol. The van der Waals surface area contributed by atoms with Crippen LogP contribution in [0.5, 0.6) is 0 Å². The first kappa shape index (κ1) is 21.9. The van der Waals surface area contributed by atoms with Gasteiger partial charge >= 0.3 is 6.03 Å². The van der Waals surface area contributed by atoms with E-state index < -0.39 is 0 Å².